The van der Waals surface area contributed by atoms with Gasteiger partial charge in [0.05, 0.1) is 12.3 Å². The Morgan fingerprint density at radius 1 is 1.16 bits per heavy atom. The van der Waals surface area contributed by atoms with Gasteiger partial charge >= 0.3 is 5.97 Å². The minimum atomic E-state index is -1.12. The Morgan fingerprint density at radius 2 is 1.89 bits per heavy atom. The summed E-state index contributed by atoms with van der Waals surface area (Å²) in [5, 5.41) is 18.3. The van der Waals surface area contributed by atoms with Crippen molar-refractivity contribution in [1.82, 2.24) is 0 Å². The predicted molar refractivity (Wildman–Crippen MR) is 70.3 cm³/mol. The molecule has 0 saturated heterocycles. The number of benzene rings is 2. The first-order valence-corrected chi connectivity index (χ1v) is 5.62. The van der Waals surface area contributed by atoms with Crippen molar-refractivity contribution in [2.75, 3.05) is 5.73 Å². The Labute approximate surface area is 109 Å². The second-order valence-corrected chi connectivity index (χ2v) is 3.90. The van der Waals surface area contributed by atoms with Crippen molar-refractivity contribution < 1.29 is 19.7 Å². The molecule has 0 amide bonds. The molecule has 5 heteroatoms. The van der Waals surface area contributed by atoms with Crippen molar-refractivity contribution in [3.05, 3.63) is 53.6 Å². The number of nitrogens with two attached hydrogens (primary N) is 1. The molecule has 2 aromatic carbocycles. The van der Waals surface area contributed by atoms with Gasteiger partial charge in [0.15, 0.2) is 5.75 Å². The van der Waals surface area contributed by atoms with Gasteiger partial charge in [0.2, 0.25) is 0 Å². The van der Waals surface area contributed by atoms with Crippen molar-refractivity contribution in [2.24, 2.45) is 0 Å². The third kappa shape index (κ3) is 2.66. The highest BCUT2D eigenvalue weighted by Gasteiger charge is 2.15. The molecule has 0 heterocycles. The Bertz CT molecular complexity index is 610. The van der Waals surface area contributed by atoms with Crippen LogP contribution in [0.3, 0.4) is 0 Å². The number of para-hydroxylation sites is 2. The molecule has 0 atom stereocenters. The van der Waals surface area contributed by atoms with E-state index in [1.54, 1.807) is 36.4 Å². The van der Waals surface area contributed by atoms with Gasteiger partial charge in [-0.2, -0.15) is 0 Å². The summed E-state index contributed by atoms with van der Waals surface area (Å²) in [6, 6.07) is 11.3. The number of carboxylic acids is 1. The number of aliphatic hydroxyl groups is 1. The van der Waals surface area contributed by atoms with E-state index in [1.807, 2.05) is 0 Å². The number of anilines is 1. The molecule has 0 aliphatic heterocycles. The van der Waals surface area contributed by atoms with Crippen LogP contribution in [-0.2, 0) is 6.61 Å². The van der Waals surface area contributed by atoms with Crippen LogP contribution in [0.4, 0.5) is 5.69 Å². The molecule has 0 aliphatic rings. The topological polar surface area (TPSA) is 92.8 Å². The quantitative estimate of drug-likeness (QED) is 0.732. The largest absolute Gasteiger partial charge is 0.478 e. The van der Waals surface area contributed by atoms with Crippen molar-refractivity contribution >= 4 is 11.7 Å². The summed E-state index contributed by atoms with van der Waals surface area (Å²) in [7, 11) is 0. The molecule has 0 aliphatic carbocycles. The lowest BCUT2D eigenvalue weighted by molar-refractivity contribution is 0.0694. The molecule has 2 aromatic rings. The maximum Gasteiger partial charge on any atom is 0.339 e. The molecule has 0 radical (unpaired) electrons. The van der Waals surface area contributed by atoms with Crippen LogP contribution in [0.15, 0.2) is 42.5 Å². The van der Waals surface area contributed by atoms with Crippen LogP contribution in [0.1, 0.15) is 15.9 Å². The molecule has 19 heavy (non-hydrogen) atoms. The number of carbonyl (C=O) groups is 1. The zero-order valence-corrected chi connectivity index (χ0v) is 10.0. The molecule has 0 saturated carbocycles. The van der Waals surface area contributed by atoms with Crippen LogP contribution in [-0.4, -0.2) is 16.2 Å². The van der Waals surface area contributed by atoms with Crippen molar-refractivity contribution in [1.29, 1.82) is 0 Å². The molecule has 0 spiro atoms. The van der Waals surface area contributed by atoms with Crippen molar-refractivity contribution in [3.63, 3.8) is 0 Å². The molecule has 0 fully saturated rings. The Kier molecular flexibility index (Phi) is 3.68. The van der Waals surface area contributed by atoms with Crippen LogP contribution < -0.4 is 10.5 Å². The maximum absolute atomic E-state index is 11.1. The van der Waals surface area contributed by atoms with Gasteiger partial charge in [0.25, 0.3) is 0 Å². The SMILES string of the molecule is Nc1cccc(C(=O)O)c1Oc1ccccc1CO. The molecule has 0 aromatic heterocycles. The second kappa shape index (κ2) is 5.41. The van der Waals surface area contributed by atoms with Crippen molar-refractivity contribution in [3.8, 4) is 11.5 Å². The number of nitrogen functional groups attached to an aromatic ring is 1. The minimum absolute atomic E-state index is 0.0206. The number of ether oxygens (including phenoxy) is 1. The van der Waals surface area contributed by atoms with Crippen molar-refractivity contribution in [2.45, 2.75) is 6.61 Å². The summed E-state index contributed by atoms with van der Waals surface area (Å²) >= 11 is 0. The van der Waals surface area contributed by atoms with Crippen LogP contribution in [0, 0.1) is 0 Å². The molecule has 0 bridgehead atoms. The van der Waals surface area contributed by atoms with Crippen LogP contribution in [0.5, 0.6) is 11.5 Å². The van der Waals surface area contributed by atoms with Crippen LogP contribution in [0.25, 0.3) is 0 Å². The highest BCUT2D eigenvalue weighted by Crippen LogP contribution is 2.33. The Balaban J connectivity index is 2.46. The highest BCUT2D eigenvalue weighted by molar-refractivity contribution is 5.93. The smallest absolute Gasteiger partial charge is 0.339 e. The van der Waals surface area contributed by atoms with Gasteiger partial charge in [-0.05, 0) is 18.2 Å². The summed E-state index contributed by atoms with van der Waals surface area (Å²) < 4.78 is 5.56. The molecular formula is C14H13NO4. The lowest BCUT2D eigenvalue weighted by atomic mass is 10.1. The fraction of sp³-hybridized carbons (Fsp3) is 0.0714. The summed E-state index contributed by atoms with van der Waals surface area (Å²) in [6.45, 7) is -0.203. The molecular weight excluding hydrogens is 246 g/mol. The Morgan fingerprint density at radius 3 is 2.58 bits per heavy atom. The van der Waals surface area contributed by atoms with Gasteiger partial charge in [0.1, 0.15) is 11.3 Å². The number of hydrogen-bond acceptors (Lipinski definition) is 4. The molecule has 0 unspecified atom stereocenters. The van der Waals surface area contributed by atoms with Gasteiger partial charge in [-0.3, -0.25) is 0 Å². The third-order valence-corrected chi connectivity index (χ3v) is 2.63. The number of hydrogen-bond donors (Lipinski definition) is 3. The lowest BCUT2D eigenvalue weighted by Gasteiger charge is -2.13. The van der Waals surface area contributed by atoms with E-state index in [2.05, 4.69) is 0 Å². The molecule has 4 N–H and O–H groups in total. The zero-order chi connectivity index (χ0) is 13.8. The first kappa shape index (κ1) is 12.9. The van der Waals surface area contributed by atoms with E-state index in [-0.39, 0.29) is 23.6 Å². The average Bonchev–Trinajstić information content (AvgIpc) is 2.41. The molecule has 98 valence electrons. The first-order valence-electron chi connectivity index (χ1n) is 5.62. The van der Waals surface area contributed by atoms with E-state index >= 15 is 0 Å². The number of rotatable bonds is 4. The standard InChI is InChI=1S/C14H13NO4/c15-11-6-3-5-10(14(17)18)13(11)19-12-7-2-1-4-9(12)8-16/h1-7,16H,8,15H2,(H,17,18). The van der Waals surface area contributed by atoms with E-state index < -0.39 is 5.97 Å². The van der Waals surface area contributed by atoms with E-state index in [1.165, 1.54) is 6.07 Å². The van der Waals surface area contributed by atoms with Gasteiger partial charge < -0.3 is 20.7 Å². The Hall–Kier alpha value is -2.53. The fourth-order valence-corrected chi connectivity index (χ4v) is 1.68. The van der Waals surface area contributed by atoms with Gasteiger partial charge in [0, 0.05) is 5.56 Å². The normalized spacial score (nSPS) is 10.2. The lowest BCUT2D eigenvalue weighted by Crippen LogP contribution is -2.03. The summed E-state index contributed by atoms with van der Waals surface area (Å²) in [5.41, 5.74) is 6.51. The van der Waals surface area contributed by atoms with Gasteiger partial charge in [-0.15, -0.1) is 0 Å². The van der Waals surface area contributed by atoms with Crippen LogP contribution in [0.2, 0.25) is 0 Å². The summed E-state index contributed by atoms with van der Waals surface area (Å²) in [4.78, 5) is 11.1. The summed E-state index contributed by atoms with van der Waals surface area (Å²) in [6.07, 6.45) is 0. The van der Waals surface area contributed by atoms with Gasteiger partial charge in [-0.25, -0.2) is 4.79 Å². The minimum Gasteiger partial charge on any atom is -0.478 e. The van der Waals surface area contributed by atoms with E-state index in [0.29, 0.717) is 11.3 Å². The third-order valence-electron chi connectivity index (χ3n) is 2.63. The highest BCUT2D eigenvalue weighted by atomic mass is 16.5. The van der Waals surface area contributed by atoms with Gasteiger partial charge in [-0.1, -0.05) is 24.3 Å². The number of aliphatic hydroxyl groups excluding tert-OH is 1. The van der Waals surface area contributed by atoms with E-state index in [4.69, 9.17) is 15.6 Å². The number of aromatic carboxylic acids is 1. The number of carboxylic acid groups (broad SMARTS) is 1. The fourth-order valence-electron chi connectivity index (χ4n) is 1.68. The predicted octanol–water partition coefficient (Wildman–Crippen LogP) is 2.25. The second-order valence-electron chi connectivity index (χ2n) is 3.90. The average molecular weight is 259 g/mol. The maximum atomic E-state index is 11.1. The van der Waals surface area contributed by atoms with Crippen LogP contribution >= 0.6 is 0 Å². The van der Waals surface area contributed by atoms with E-state index in [0.717, 1.165) is 0 Å². The monoisotopic (exact) mass is 259 g/mol. The van der Waals surface area contributed by atoms with E-state index in [9.17, 15) is 9.90 Å². The molecule has 2 rings (SSSR count). The first-order chi connectivity index (χ1) is 9.13. The molecule has 5 nitrogen and oxygen atoms in total. The summed E-state index contributed by atoms with van der Waals surface area (Å²) in [5.74, 6) is -0.662. The zero-order valence-electron chi connectivity index (χ0n) is 10.0.